The summed E-state index contributed by atoms with van der Waals surface area (Å²) in [5.74, 6) is 0.265. The largest absolute Gasteiger partial charge is 0.456 e. The third kappa shape index (κ3) is 4.22. The van der Waals surface area contributed by atoms with Gasteiger partial charge in [-0.1, -0.05) is 48.0 Å². The van der Waals surface area contributed by atoms with Gasteiger partial charge in [0.1, 0.15) is 23.6 Å². The van der Waals surface area contributed by atoms with Gasteiger partial charge < -0.3 is 15.4 Å². The number of hydrogen-bond acceptors (Lipinski definition) is 4. The molecule has 0 aromatic heterocycles. The summed E-state index contributed by atoms with van der Waals surface area (Å²) in [5.41, 5.74) is 1.77. The van der Waals surface area contributed by atoms with E-state index < -0.39 is 17.5 Å². The molecule has 3 aromatic carbocycles. The predicted octanol–water partition coefficient (Wildman–Crippen LogP) is 4.55. The highest BCUT2D eigenvalue weighted by atomic mass is 35.5. The number of fused-ring (bicyclic) bond motifs is 1. The Morgan fingerprint density at radius 1 is 1.00 bits per heavy atom. The first-order chi connectivity index (χ1) is 16.4. The van der Waals surface area contributed by atoms with Crippen molar-refractivity contribution in [3.05, 3.63) is 88.9 Å². The Morgan fingerprint density at radius 3 is 2.47 bits per heavy atom. The number of imide groups is 1. The van der Waals surface area contributed by atoms with Crippen LogP contribution >= 0.6 is 11.6 Å². The summed E-state index contributed by atoms with van der Waals surface area (Å²) < 4.78 is 5.74. The Hall–Kier alpha value is -3.84. The van der Waals surface area contributed by atoms with Crippen LogP contribution in [0.2, 0.25) is 5.02 Å². The molecule has 0 saturated carbocycles. The Labute approximate surface area is 201 Å². The predicted molar refractivity (Wildman–Crippen MR) is 128 cm³/mol. The van der Waals surface area contributed by atoms with Crippen molar-refractivity contribution < 1.29 is 19.1 Å². The first kappa shape index (κ1) is 22.0. The number of amides is 4. The van der Waals surface area contributed by atoms with Gasteiger partial charge in [-0.3, -0.25) is 14.5 Å². The molecule has 1 atom stereocenters. The molecule has 2 N–H and O–H groups in total. The number of para-hydroxylation sites is 1. The number of aryl methyl sites for hydroxylation is 1. The lowest BCUT2D eigenvalue weighted by Gasteiger charge is -2.32. The van der Waals surface area contributed by atoms with Gasteiger partial charge in [0, 0.05) is 12.1 Å². The zero-order chi connectivity index (χ0) is 23.7. The van der Waals surface area contributed by atoms with Crippen LogP contribution in [0.4, 0.5) is 10.5 Å². The number of hydrogen-bond donors (Lipinski definition) is 2. The van der Waals surface area contributed by atoms with Gasteiger partial charge in [0.15, 0.2) is 0 Å². The molecule has 2 aliphatic rings. The second-order valence-electron chi connectivity index (χ2n) is 8.45. The summed E-state index contributed by atoms with van der Waals surface area (Å²) in [6, 6.07) is 21.2. The molecule has 5 rings (SSSR count). The fraction of sp³-hybridized carbons (Fsp3) is 0.192. The molecule has 1 spiro atoms. The van der Waals surface area contributed by atoms with E-state index in [0.717, 1.165) is 10.5 Å². The molecule has 7 nitrogen and oxygen atoms in total. The van der Waals surface area contributed by atoms with Gasteiger partial charge in [-0.25, -0.2) is 4.79 Å². The molecule has 1 fully saturated rings. The van der Waals surface area contributed by atoms with E-state index in [0.29, 0.717) is 41.5 Å². The molecule has 1 aliphatic heterocycles. The van der Waals surface area contributed by atoms with Gasteiger partial charge >= 0.3 is 6.03 Å². The maximum Gasteiger partial charge on any atom is 0.325 e. The standard InChI is InChI=1S/C26H22ClN3O4/c27-21-7-3-4-8-22(21)34-20-11-9-19(10-12-20)28-23(31)16-30-24(32)26(29-25(30)33)14-13-17-5-1-2-6-18(17)15-26/h1-12H,13-16H2,(H,28,31)(H,29,33). The lowest BCUT2D eigenvalue weighted by Crippen LogP contribution is -2.51. The second kappa shape index (κ2) is 8.83. The zero-order valence-corrected chi connectivity index (χ0v) is 19.0. The van der Waals surface area contributed by atoms with Gasteiger partial charge in [-0.2, -0.15) is 0 Å². The summed E-state index contributed by atoms with van der Waals surface area (Å²) in [5, 5.41) is 6.06. The third-order valence-electron chi connectivity index (χ3n) is 6.18. The van der Waals surface area contributed by atoms with E-state index >= 15 is 0 Å². The van der Waals surface area contributed by atoms with Crippen molar-refractivity contribution >= 4 is 35.1 Å². The highest BCUT2D eigenvalue weighted by Gasteiger charge is 2.52. The number of halogens is 1. The smallest absolute Gasteiger partial charge is 0.325 e. The number of carbonyl (C=O) groups is 3. The first-order valence-corrected chi connectivity index (χ1v) is 11.3. The summed E-state index contributed by atoms with van der Waals surface area (Å²) in [4.78, 5) is 39.4. The number of benzene rings is 3. The van der Waals surface area contributed by atoms with Crippen LogP contribution in [-0.2, 0) is 22.4 Å². The molecule has 1 saturated heterocycles. The van der Waals surface area contributed by atoms with E-state index in [-0.39, 0.29) is 12.5 Å². The monoisotopic (exact) mass is 475 g/mol. The summed E-state index contributed by atoms with van der Waals surface area (Å²) in [6.07, 6.45) is 1.64. The van der Waals surface area contributed by atoms with Crippen molar-refractivity contribution in [2.45, 2.75) is 24.8 Å². The normalized spacial score (nSPS) is 19.0. The van der Waals surface area contributed by atoms with E-state index in [4.69, 9.17) is 16.3 Å². The number of nitrogens with one attached hydrogen (secondary N) is 2. The van der Waals surface area contributed by atoms with Crippen LogP contribution in [0.5, 0.6) is 11.5 Å². The van der Waals surface area contributed by atoms with Crippen molar-refractivity contribution in [2.24, 2.45) is 0 Å². The van der Waals surface area contributed by atoms with Crippen LogP contribution in [-0.4, -0.2) is 34.8 Å². The van der Waals surface area contributed by atoms with Crippen LogP contribution in [0.15, 0.2) is 72.8 Å². The Morgan fingerprint density at radius 2 is 1.71 bits per heavy atom. The minimum atomic E-state index is -0.983. The van der Waals surface area contributed by atoms with Crippen molar-refractivity contribution in [3.8, 4) is 11.5 Å². The zero-order valence-electron chi connectivity index (χ0n) is 18.2. The van der Waals surface area contributed by atoms with Crippen molar-refractivity contribution in [1.29, 1.82) is 0 Å². The lowest BCUT2D eigenvalue weighted by molar-refractivity contribution is -0.134. The SMILES string of the molecule is O=C(CN1C(=O)NC2(CCc3ccccc3C2)C1=O)Nc1ccc(Oc2ccccc2Cl)cc1. The van der Waals surface area contributed by atoms with Gasteiger partial charge in [0.2, 0.25) is 5.91 Å². The van der Waals surface area contributed by atoms with Crippen LogP contribution in [0.25, 0.3) is 0 Å². The number of urea groups is 1. The van der Waals surface area contributed by atoms with Gasteiger partial charge in [0.05, 0.1) is 5.02 Å². The number of anilines is 1. The molecule has 1 heterocycles. The first-order valence-electron chi connectivity index (χ1n) is 11.0. The Balaban J connectivity index is 1.21. The highest BCUT2D eigenvalue weighted by Crippen LogP contribution is 2.34. The van der Waals surface area contributed by atoms with Crippen LogP contribution in [0, 0.1) is 0 Å². The fourth-order valence-electron chi connectivity index (χ4n) is 4.45. The van der Waals surface area contributed by atoms with E-state index in [1.807, 2.05) is 36.4 Å². The van der Waals surface area contributed by atoms with Gasteiger partial charge in [0.25, 0.3) is 5.91 Å². The molecule has 172 valence electrons. The molecule has 1 aliphatic carbocycles. The fourth-order valence-corrected chi connectivity index (χ4v) is 4.62. The number of nitrogens with zero attached hydrogens (tertiary/aromatic N) is 1. The minimum Gasteiger partial charge on any atom is -0.456 e. The minimum absolute atomic E-state index is 0.355. The Kier molecular flexibility index (Phi) is 5.71. The molecule has 0 radical (unpaired) electrons. The van der Waals surface area contributed by atoms with Gasteiger partial charge in [-0.05, 0) is 60.4 Å². The van der Waals surface area contributed by atoms with E-state index in [1.54, 1.807) is 36.4 Å². The number of carbonyl (C=O) groups excluding carboxylic acids is 3. The molecule has 4 amide bonds. The quantitative estimate of drug-likeness (QED) is 0.530. The summed E-state index contributed by atoms with van der Waals surface area (Å²) in [7, 11) is 0. The number of rotatable bonds is 5. The van der Waals surface area contributed by atoms with Crippen LogP contribution in [0.1, 0.15) is 17.5 Å². The molecule has 34 heavy (non-hydrogen) atoms. The molecular weight excluding hydrogens is 454 g/mol. The van der Waals surface area contributed by atoms with E-state index in [2.05, 4.69) is 10.6 Å². The van der Waals surface area contributed by atoms with Crippen molar-refractivity contribution in [2.75, 3.05) is 11.9 Å². The Bertz CT molecular complexity index is 1280. The lowest BCUT2D eigenvalue weighted by atomic mass is 9.78. The second-order valence-corrected chi connectivity index (χ2v) is 8.86. The summed E-state index contributed by atoms with van der Waals surface area (Å²) in [6.45, 7) is -0.355. The molecular formula is C26H22ClN3O4. The average molecular weight is 476 g/mol. The maximum atomic E-state index is 13.2. The third-order valence-corrected chi connectivity index (χ3v) is 6.49. The van der Waals surface area contributed by atoms with E-state index in [9.17, 15) is 14.4 Å². The van der Waals surface area contributed by atoms with Crippen LogP contribution < -0.4 is 15.4 Å². The van der Waals surface area contributed by atoms with Crippen LogP contribution in [0.3, 0.4) is 0 Å². The molecule has 0 bridgehead atoms. The van der Waals surface area contributed by atoms with Crippen molar-refractivity contribution in [1.82, 2.24) is 10.2 Å². The molecule has 8 heteroatoms. The average Bonchev–Trinajstić information content (AvgIpc) is 3.05. The summed E-state index contributed by atoms with van der Waals surface area (Å²) >= 11 is 6.11. The van der Waals surface area contributed by atoms with Crippen molar-refractivity contribution in [3.63, 3.8) is 0 Å². The molecule has 3 aromatic rings. The number of ether oxygens (including phenoxy) is 1. The topological polar surface area (TPSA) is 87.7 Å². The van der Waals surface area contributed by atoms with Gasteiger partial charge in [-0.15, -0.1) is 0 Å². The molecule has 1 unspecified atom stereocenters. The maximum absolute atomic E-state index is 13.2. The highest BCUT2D eigenvalue weighted by molar-refractivity contribution is 6.32. The van der Waals surface area contributed by atoms with E-state index in [1.165, 1.54) is 5.56 Å².